The number of hydrogen-bond donors (Lipinski definition) is 3. The summed E-state index contributed by atoms with van der Waals surface area (Å²) >= 11 is 0. The molecule has 0 saturated carbocycles. The van der Waals surface area contributed by atoms with Crippen molar-refractivity contribution >= 4 is 28.1 Å². The summed E-state index contributed by atoms with van der Waals surface area (Å²) in [7, 11) is -2.81. The van der Waals surface area contributed by atoms with Crippen LogP contribution >= 0.6 is 0 Å². The molecule has 0 atom stereocenters. The molecule has 8 nitrogen and oxygen atoms in total. The SMILES string of the molecule is CNC(=O)c1ccc(N/N=C/c2ccccc2S(=O)(=O)O)nc1. The molecule has 1 aromatic carbocycles. The van der Waals surface area contributed by atoms with Gasteiger partial charge in [0.05, 0.1) is 11.8 Å². The van der Waals surface area contributed by atoms with Crippen molar-refractivity contribution in [1.82, 2.24) is 10.3 Å². The quantitative estimate of drug-likeness (QED) is 0.428. The van der Waals surface area contributed by atoms with Crippen molar-refractivity contribution in [2.75, 3.05) is 12.5 Å². The number of nitrogens with one attached hydrogen (secondary N) is 2. The van der Waals surface area contributed by atoms with Gasteiger partial charge in [-0.1, -0.05) is 18.2 Å². The van der Waals surface area contributed by atoms with E-state index in [1.165, 1.54) is 37.7 Å². The predicted octanol–water partition coefficient (Wildman–Crippen LogP) is 1.13. The first-order chi connectivity index (χ1) is 10.9. The van der Waals surface area contributed by atoms with Crippen LogP contribution in [0.15, 0.2) is 52.6 Å². The number of carbonyl (C=O) groups is 1. The molecule has 9 heteroatoms. The zero-order valence-electron chi connectivity index (χ0n) is 12.1. The van der Waals surface area contributed by atoms with E-state index >= 15 is 0 Å². The molecule has 1 heterocycles. The normalized spacial score (nSPS) is 11.4. The summed E-state index contributed by atoms with van der Waals surface area (Å²) in [6.07, 6.45) is 2.63. The number of nitrogens with zero attached hydrogens (tertiary/aromatic N) is 2. The lowest BCUT2D eigenvalue weighted by Crippen LogP contribution is -2.17. The highest BCUT2D eigenvalue weighted by Crippen LogP contribution is 2.13. The third-order valence-corrected chi connectivity index (χ3v) is 3.76. The van der Waals surface area contributed by atoms with Crippen LogP contribution in [0.4, 0.5) is 5.82 Å². The van der Waals surface area contributed by atoms with Gasteiger partial charge in [-0.3, -0.25) is 14.8 Å². The van der Waals surface area contributed by atoms with E-state index in [1.54, 1.807) is 18.2 Å². The smallest absolute Gasteiger partial charge is 0.295 e. The van der Waals surface area contributed by atoms with Crippen molar-refractivity contribution in [1.29, 1.82) is 0 Å². The van der Waals surface area contributed by atoms with Crippen molar-refractivity contribution in [2.24, 2.45) is 5.10 Å². The Hall–Kier alpha value is -2.78. The molecule has 0 bridgehead atoms. The molecule has 0 aliphatic rings. The van der Waals surface area contributed by atoms with Crippen LogP contribution in [0.5, 0.6) is 0 Å². The van der Waals surface area contributed by atoms with Gasteiger partial charge in [-0.25, -0.2) is 4.98 Å². The van der Waals surface area contributed by atoms with Crippen molar-refractivity contribution < 1.29 is 17.8 Å². The van der Waals surface area contributed by atoms with E-state index in [-0.39, 0.29) is 16.4 Å². The van der Waals surface area contributed by atoms with Gasteiger partial charge in [0.15, 0.2) is 0 Å². The van der Waals surface area contributed by atoms with E-state index in [2.05, 4.69) is 20.8 Å². The molecule has 2 rings (SSSR count). The molecule has 120 valence electrons. The molecule has 0 saturated heterocycles. The fourth-order valence-corrected chi connectivity index (χ4v) is 2.40. The lowest BCUT2D eigenvalue weighted by molar-refractivity contribution is 0.0962. The van der Waals surface area contributed by atoms with E-state index < -0.39 is 10.1 Å². The van der Waals surface area contributed by atoms with E-state index in [0.29, 0.717) is 11.4 Å². The molecule has 0 spiro atoms. The van der Waals surface area contributed by atoms with E-state index in [1.807, 2.05) is 0 Å². The number of carbonyl (C=O) groups excluding carboxylic acids is 1. The third-order valence-electron chi connectivity index (χ3n) is 2.83. The fraction of sp³-hybridized carbons (Fsp3) is 0.0714. The molecule has 1 amide bonds. The van der Waals surface area contributed by atoms with E-state index in [9.17, 15) is 13.2 Å². The average Bonchev–Trinajstić information content (AvgIpc) is 2.54. The lowest BCUT2D eigenvalue weighted by atomic mass is 10.2. The molecule has 0 radical (unpaired) electrons. The Balaban J connectivity index is 2.12. The highest BCUT2D eigenvalue weighted by molar-refractivity contribution is 7.86. The van der Waals surface area contributed by atoms with E-state index in [0.717, 1.165) is 0 Å². The Morgan fingerprint density at radius 2 is 2.00 bits per heavy atom. The first-order valence-corrected chi connectivity index (χ1v) is 7.89. The number of aromatic nitrogens is 1. The van der Waals surface area contributed by atoms with Crippen molar-refractivity contribution in [3.05, 3.63) is 53.7 Å². The highest BCUT2D eigenvalue weighted by Gasteiger charge is 2.13. The van der Waals surface area contributed by atoms with Gasteiger partial charge in [0.25, 0.3) is 16.0 Å². The Labute approximate surface area is 133 Å². The number of amides is 1. The minimum Gasteiger partial charge on any atom is -0.355 e. The third kappa shape index (κ3) is 4.34. The fourth-order valence-electron chi connectivity index (χ4n) is 1.73. The maximum atomic E-state index is 11.4. The summed E-state index contributed by atoms with van der Waals surface area (Å²) in [5.74, 6) is 0.118. The van der Waals surface area contributed by atoms with E-state index in [4.69, 9.17) is 4.55 Å². The van der Waals surface area contributed by atoms with Crippen molar-refractivity contribution in [3.63, 3.8) is 0 Å². The average molecular weight is 334 g/mol. The Bertz CT molecular complexity index is 832. The van der Waals surface area contributed by atoms with Crippen LogP contribution < -0.4 is 10.7 Å². The summed E-state index contributed by atoms with van der Waals surface area (Å²) in [5.41, 5.74) is 3.23. The zero-order valence-corrected chi connectivity index (χ0v) is 12.9. The number of benzene rings is 1. The molecule has 23 heavy (non-hydrogen) atoms. The number of rotatable bonds is 5. The van der Waals surface area contributed by atoms with Gasteiger partial charge in [0.1, 0.15) is 10.7 Å². The number of hydrogen-bond acceptors (Lipinski definition) is 6. The van der Waals surface area contributed by atoms with Crippen LogP contribution in [0.2, 0.25) is 0 Å². The van der Waals surface area contributed by atoms with Gasteiger partial charge in [0.2, 0.25) is 0 Å². The van der Waals surface area contributed by atoms with Crippen LogP contribution in [0, 0.1) is 0 Å². The van der Waals surface area contributed by atoms with Gasteiger partial charge in [-0.15, -0.1) is 0 Å². The summed E-state index contributed by atoms with van der Waals surface area (Å²) in [5, 5.41) is 6.34. The molecule has 0 fully saturated rings. The second kappa shape index (κ2) is 6.99. The lowest BCUT2D eigenvalue weighted by Gasteiger charge is -2.03. The molecule has 0 unspecified atom stereocenters. The number of anilines is 1. The van der Waals surface area contributed by atoms with Crippen molar-refractivity contribution in [2.45, 2.75) is 4.90 Å². The molecule has 3 N–H and O–H groups in total. The van der Waals surface area contributed by atoms with Gasteiger partial charge in [0, 0.05) is 18.8 Å². The Morgan fingerprint density at radius 3 is 2.61 bits per heavy atom. The minimum absolute atomic E-state index is 0.226. The van der Waals surface area contributed by atoms with Gasteiger partial charge < -0.3 is 5.32 Å². The summed E-state index contributed by atoms with van der Waals surface area (Å²) in [6.45, 7) is 0. The second-order valence-electron chi connectivity index (χ2n) is 4.39. The minimum atomic E-state index is -4.33. The predicted molar refractivity (Wildman–Crippen MR) is 85.1 cm³/mol. The number of hydrazone groups is 1. The molecule has 0 aliphatic heterocycles. The molecular formula is C14H14N4O4S. The molecule has 0 aliphatic carbocycles. The van der Waals surface area contributed by atoms with Gasteiger partial charge >= 0.3 is 0 Å². The summed E-state index contributed by atoms with van der Waals surface area (Å²) in [6, 6.07) is 9.00. The Kier molecular flexibility index (Phi) is 5.04. The zero-order chi connectivity index (χ0) is 16.9. The highest BCUT2D eigenvalue weighted by atomic mass is 32.2. The maximum Gasteiger partial charge on any atom is 0.295 e. The second-order valence-corrected chi connectivity index (χ2v) is 5.78. The van der Waals surface area contributed by atoms with Crippen LogP contribution in [0.25, 0.3) is 0 Å². The van der Waals surface area contributed by atoms with Crippen LogP contribution in [-0.2, 0) is 10.1 Å². The Morgan fingerprint density at radius 1 is 1.26 bits per heavy atom. The summed E-state index contributed by atoms with van der Waals surface area (Å²) < 4.78 is 31.6. The van der Waals surface area contributed by atoms with Crippen LogP contribution in [0.3, 0.4) is 0 Å². The molecule has 1 aromatic heterocycles. The molecule has 2 aromatic rings. The number of pyridine rings is 1. The van der Waals surface area contributed by atoms with Crippen LogP contribution in [0.1, 0.15) is 15.9 Å². The first kappa shape index (κ1) is 16.6. The topological polar surface area (TPSA) is 121 Å². The molecular weight excluding hydrogens is 320 g/mol. The van der Waals surface area contributed by atoms with Crippen LogP contribution in [-0.4, -0.2) is 37.1 Å². The largest absolute Gasteiger partial charge is 0.355 e. The monoisotopic (exact) mass is 334 g/mol. The standard InChI is InChI=1S/C14H14N4O4S/c1-15-14(19)11-6-7-13(16-8-11)18-17-9-10-4-2-3-5-12(10)23(20,21)22/h2-9H,1H3,(H,15,19)(H,16,18)(H,20,21,22)/b17-9+. The van der Waals surface area contributed by atoms with Crippen molar-refractivity contribution in [3.8, 4) is 0 Å². The summed E-state index contributed by atoms with van der Waals surface area (Å²) in [4.78, 5) is 15.1. The van der Waals surface area contributed by atoms with Gasteiger partial charge in [-0.05, 0) is 18.2 Å². The first-order valence-electron chi connectivity index (χ1n) is 6.45. The van der Waals surface area contributed by atoms with Gasteiger partial charge in [-0.2, -0.15) is 13.5 Å². The maximum absolute atomic E-state index is 11.4.